The molecule has 1 atom stereocenters. The molecule has 2 rings (SSSR count). The normalized spacial score (nSPS) is 19.7. The fourth-order valence-electron chi connectivity index (χ4n) is 2.11. The second-order valence-electron chi connectivity index (χ2n) is 4.11. The first-order valence-electron chi connectivity index (χ1n) is 5.44. The molecule has 0 bridgehead atoms. The van der Waals surface area contributed by atoms with Gasteiger partial charge in [0.1, 0.15) is 11.9 Å². The highest BCUT2D eigenvalue weighted by atomic mass is 19.1. The van der Waals surface area contributed by atoms with E-state index in [0.29, 0.717) is 17.6 Å². The van der Waals surface area contributed by atoms with Crippen molar-refractivity contribution in [3.05, 3.63) is 41.2 Å². The van der Waals surface area contributed by atoms with Crippen molar-refractivity contribution in [3.63, 3.8) is 0 Å². The molecule has 1 aromatic rings. The molecule has 1 aromatic carbocycles. The minimum atomic E-state index is -0.653. The molecule has 1 unspecified atom stereocenters. The number of carbonyl (C=O) groups excluding carboxylic acids is 2. The molecule has 0 heterocycles. The van der Waals surface area contributed by atoms with Crippen molar-refractivity contribution in [2.75, 3.05) is 0 Å². The SMILES string of the molecule is CC(=O)OC1Cc2ccc(F)cc2/C1=C/C(N)=O. The predicted octanol–water partition coefficient (Wildman–Crippen LogP) is 1.18. The first-order valence-corrected chi connectivity index (χ1v) is 5.44. The summed E-state index contributed by atoms with van der Waals surface area (Å²) >= 11 is 0. The number of esters is 1. The monoisotopic (exact) mass is 249 g/mol. The Hall–Kier alpha value is -2.17. The molecule has 94 valence electrons. The summed E-state index contributed by atoms with van der Waals surface area (Å²) in [4.78, 5) is 22.0. The maximum atomic E-state index is 13.2. The Bertz CT molecular complexity index is 551. The van der Waals surface area contributed by atoms with E-state index in [0.717, 1.165) is 5.56 Å². The molecule has 0 aromatic heterocycles. The third-order valence-electron chi connectivity index (χ3n) is 2.74. The average Bonchev–Trinajstić information content (AvgIpc) is 2.55. The molecule has 0 radical (unpaired) electrons. The van der Waals surface area contributed by atoms with Gasteiger partial charge in [0.05, 0.1) is 0 Å². The smallest absolute Gasteiger partial charge is 0.303 e. The van der Waals surface area contributed by atoms with Crippen LogP contribution >= 0.6 is 0 Å². The highest BCUT2D eigenvalue weighted by molar-refractivity contribution is 5.96. The van der Waals surface area contributed by atoms with Gasteiger partial charge in [-0.25, -0.2) is 4.39 Å². The van der Waals surface area contributed by atoms with Gasteiger partial charge in [0.2, 0.25) is 5.91 Å². The van der Waals surface area contributed by atoms with Crippen LogP contribution in [0.3, 0.4) is 0 Å². The largest absolute Gasteiger partial charge is 0.457 e. The summed E-state index contributed by atoms with van der Waals surface area (Å²) in [6.45, 7) is 1.28. The van der Waals surface area contributed by atoms with E-state index in [2.05, 4.69) is 0 Å². The van der Waals surface area contributed by atoms with Crippen LogP contribution in [-0.4, -0.2) is 18.0 Å². The quantitative estimate of drug-likeness (QED) is 0.632. The van der Waals surface area contributed by atoms with Crippen LogP contribution in [0, 0.1) is 5.82 Å². The van der Waals surface area contributed by atoms with E-state index in [-0.39, 0.29) is 0 Å². The van der Waals surface area contributed by atoms with Crippen LogP contribution in [0.1, 0.15) is 18.1 Å². The van der Waals surface area contributed by atoms with Crippen molar-refractivity contribution in [1.82, 2.24) is 0 Å². The Morgan fingerprint density at radius 2 is 2.22 bits per heavy atom. The van der Waals surface area contributed by atoms with E-state index >= 15 is 0 Å². The molecular formula is C13H12FNO3. The zero-order valence-corrected chi connectivity index (χ0v) is 9.77. The number of primary amides is 1. The summed E-state index contributed by atoms with van der Waals surface area (Å²) in [5.74, 6) is -1.52. The fraction of sp³-hybridized carbons (Fsp3) is 0.231. The maximum absolute atomic E-state index is 13.2. The van der Waals surface area contributed by atoms with Crippen LogP contribution in [-0.2, 0) is 20.7 Å². The number of rotatable bonds is 2. The van der Waals surface area contributed by atoms with Crippen molar-refractivity contribution in [2.24, 2.45) is 5.73 Å². The molecule has 18 heavy (non-hydrogen) atoms. The molecule has 0 spiro atoms. The summed E-state index contributed by atoms with van der Waals surface area (Å²) in [5, 5.41) is 0. The van der Waals surface area contributed by atoms with Crippen LogP contribution in [0.25, 0.3) is 5.57 Å². The molecular weight excluding hydrogens is 237 g/mol. The van der Waals surface area contributed by atoms with E-state index in [4.69, 9.17) is 10.5 Å². The molecule has 5 heteroatoms. The lowest BCUT2D eigenvalue weighted by Gasteiger charge is -2.12. The van der Waals surface area contributed by atoms with E-state index in [1.54, 1.807) is 6.07 Å². The zero-order valence-electron chi connectivity index (χ0n) is 9.77. The van der Waals surface area contributed by atoms with Gasteiger partial charge in [-0.1, -0.05) is 6.07 Å². The van der Waals surface area contributed by atoms with Gasteiger partial charge in [-0.15, -0.1) is 0 Å². The van der Waals surface area contributed by atoms with E-state index in [1.165, 1.54) is 25.1 Å². The lowest BCUT2D eigenvalue weighted by atomic mass is 10.1. The predicted molar refractivity (Wildman–Crippen MR) is 62.8 cm³/mol. The minimum absolute atomic E-state index is 0.410. The zero-order chi connectivity index (χ0) is 13.3. The van der Waals surface area contributed by atoms with E-state index < -0.39 is 23.8 Å². The number of fused-ring (bicyclic) bond motifs is 1. The van der Waals surface area contributed by atoms with Gasteiger partial charge in [0, 0.05) is 25.0 Å². The van der Waals surface area contributed by atoms with Crippen LogP contribution in [0.4, 0.5) is 4.39 Å². The molecule has 0 saturated carbocycles. The van der Waals surface area contributed by atoms with Gasteiger partial charge >= 0.3 is 5.97 Å². The second-order valence-corrected chi connectivity index (χ2v) is 4.11. The minimum Gasteiger partial charge on any atom is -0.457 e. The molecule has 1 aliphatic carbocycles. The molecule has 2 N–H and O–H groups in total. The molecule has 0 fully saturated rings. The first-order chi connectivity index (χ1) is 8.47. The van der Waals surface area contributed by atoms with Crippen LogP contribution < -0.4 is 5.73 Å². The Balaban J connectivity index is 2.45. The van der Waals surface area contributed by atoms with Crippen molar-refractivity contribution < 1.29 is 18.7 Å². The fourth-order valence-corrected chi connectivity index (χ4v) is 2.11. The molecule has 0 saturated heterocycles. The van der Waals surface area contributed by atoms with Gasteiger partial charge < -0.3 is 10.5 Å². The summed E-state index contributed by atoms with van der Waals surface area (Å²) < 4.78 is 18.3. The van der Waals surface area contributed by atoms with Gasteiger partial charge in [-0.05, 0) is 23.3 Å². The van der Waals surface area contributed by atoms with Crippen LogP contribution in [0.2, 0.25) is 0 Å². The second kappa shape index (κ2) is 4.60. The summed E-state index contributed by atoms with van der Waals surface area (Å²) in [7, 11) is 0. The number of ether oxygens (including phenoxy) is 1. The summed E-state index contributed by atoms with van der Waals surface area (Å²) in [6, 6.07) is 4.26. The first kappa shape index (κ1) is 12.3. The number of hydrogen-bond donors (Lipinski definition) is 1. The molecule has 1 amide bonds. The van der Waals surface area contributed by atoms with Crippen LogP contribution in [0.5, 0.6) is 0 Å². The van der Waals surface area contributed by atoms with Crippen molar-refractivity contribution in [2.45, 2.75) is 19.4 Å². The van der Waals surface area contributed by atoms with Crippen LogP contribution in [0.15, 0.2) is 24.3 Å². The number of hydrogen-bond acceptors (Lipinski definition) is 3. The highest BCUT2D eigenvalue weighted by Crippen LogP contribution is 2.34. The topological polar surface area (TPSA) is 69.4 Å². The van der Waals surface area contributed by atoms with Gasteiger partial charge in [-0.3, -0.25) is 9.59 Å². The number of halogens is 1. The summed E-state index contributed by atoms with van der Waals surface area (Å²) in [6.07, 6.45) is 1.03. The van der Waals surface area contributed by atoms with Crippen molar-refractivity contribution >= 4 is 17.4 Å². The van der Waals surface area contributed by atoms with E-state index in [9.17, 15) is 14.0 Å². The van der Waals surface area contributed by atoms with E-state index in [1.807, 2.05) is 0 Å². The standard InChI is InChI=1S/C13H12FNO3/c1-7(16)18-12-4-8-2-3-9(14)5-10(8)11(12)6-13(15)17/h2-3,5-6,12H,4H2,1H3,(H2,15,17)/b11-6-. The third kappa shape index (κ3) is 2.40. The van der Waals surface area contributed by atoms with Crippen molar-refractivity contribution in [3.8, 4) is 0 Å². The third-order valence-corrected chi connectivity index (χ3v) is 2.74. The van der Waals surface area contributed by atoms with Gasteiger partial charge in [0.25, 0.3) is 0 Å². The average molecular weight is 249 g/mol. The molecule has 4 nitrogen and oxygen atoms in total. The lowest BCUT2D eigenvalue weighted by Crippen LogP contribution is -2.17. The van der Waals surface area contributed by atoms with Gasteiger partial charge in [0.15, 0.2) is 0 Å². The Kier molecular flexibility index (Phi) is 3.14. The highest BCUT2D eigenvalue weighted by Gasteiger charge is 2.30. The maximum Gasteiger partial charge on any atom is 0.303 e. The lowest BCUT2D eigenvalue weighted by molar-refractivity contribution is -0.143. The number of nitrogens with two attached hydrogens (primary N) is 1. The Morgan fingerprint density at radius 1 is 1.50 bits per heavy atom. The van der Waals surface area contributed by atoms with Gasteiger partial charge in [-0.2, -0.15) is 0 Å². The Labute approximate surface area is 103 Å². The van der Waals surface area contributed by atoms with Crippen molar-refractivity contribution in [1.29, 1.82) is 0 Å². The Morgan fingerprint density at radius 3 is 2.83 bits per heavy atom. The number of carbonyl (C=O) groups is 2. The molecule has 1 aliphatic rings. The summed E-state index contributed by atoms with van der Waals surface area (Å²) in [5.41, 5.74) is 6.96. The number of benzene rings is 1. The number of amides is 1. The molecule has 0 aliphatic heterocycles.